The summed E-state index contributed by atoms with van der Waals surface area (Å²) in [6.45, 7) is 4.65. The third-order valence-electron chi connectivity index (χ3n) is 5.93. The standard InChI is InChI=1S/C20H30N2O4S/c1-16-5-3-4-6-17(16)7-8-20(23)21-11-9-18-15-22(13-14-26-2)27(24,25)19(18)10-12-21/h3-6,18-19H,7-15H2,1-2H3/t18-,19-/m1/s1. The lowest BCUT2D eigenvalue weighted by Crippen LogP contribution is -2.35. The van der Waals surface area contributed by atoms with Gasteiger partial charge in [0.25, 0.3) is 0 Å². The van der Waals surface area contributed by atoms with Crippen molar-refractivity contribution in [3.8, 4) is 0 Å². The van der Waals surface area contributed by atoms with Crippen LogP contribution < -0.4 is 0 Å². The monoisotopic (exact) mass is 394 g/mol. The van der Waals surface area contributed by atoms with Crippen molar-refractivity contribution in [3.05, 3.63) is 35.4 Å². The molecule has 0 bridgehead atoms. The molecule has 0 radical (unpaired) electrons. The first-order valence-corrected chi connectivity index (χ1v) is 11.2. The van der Waals surface area contributed by atoms with Gasteiger partial charge in [0, 0.05) is 39.7 Å². The molecule has 2 saturated heterocycles. The molecular weight excluding hydrogens is 364 g/mol. The van der Waals surface area contributed by atoms with E-state index in [2.05, 4.69) is 19.1 Å². The number of ether oxygens (including phenoxy) is 1. The Balaban J connectivity index is 1.57. The van der Waals surface area contributed by atoms with E-state index in [1.54, 1.807) is 11.4 Å². The maximum atomic E-state index is 12.8. The number of hydrogen-bond acceptors (Lipinski definition) is 4. The lowest BCUT2D eigenvalue weighted by atomic mass is 10.0. The number of nitrogens with zero attached hydrogens (tertiary/aromatic N) is 2. The van der Waals surface area contributed by atoms with Gasteiger partial charge in [0.2, 0.25) is 15.9 Å². The minimum absolute atomic E-state index is 0.112. The van der Waals surface area contributed by atoms with Crippen LogP contribution in [0.2, 0.25) is 0 Å². The van der Waals surface area contributed by atoms with Crippen LogP contribution in [0, 0.1) is 12.8 Å². The highest BCUT2D eigenvalue weighted by molar-refractivity contribution is 7.90. The van der Waals surface area contributed by atoms with Crippen LogP contribution in [-0.4, -0.2) is 68.7 Å². The number of benzene rings is 1. The first kappa shape index (κ1) is 20.3. The van der Waals surface area contributed by atoms with E-state index in [1.807, 2.05) is 17.0 Å². The second-order valence-electron chi connectivity index (χ2n) is 7.58. The first-order chi connectivity index (χ1) is 12.9. The highest BCUT2D eigenvalue weighted by atomic mass is 32.2. The summed E-state index contributed by atoms with van der Waals surface area (Å²) >= 11 is 0. The Hall–Kier alpha value is -1.44. The van der Waals surface area contributed by atoms with Crippen molar-refractivity contribution in [2.24, 2.45) is 5.92 Å². The van der Waals surface area contributed by atoms with Gasteiger partial charge >= 0.3 is 0 Å². The molecule has 1 amide bonds. The van der Waals surface area contributed by atoms with Gasteiger partial charge in [-0.05, 0) is 43.2 Å². The molecule has 2 aliphatic heterocycles. The van der Waals surface area contributed by atoms with Crippen molar-refractivity contribution in [3.63, 3.8) is 0 Å². The quantitative estimate of drug-likeness (QED) is 0.738. The van der Waals surface area contributed by atoms with Crippen LogP contribution >= 0.6 is 0 Å². The van der Waals surface area contributed by atoms with Gasteiger partial charge in [-0.2, -0.15) is 4.31 Å². The lowest BCUT2D eigenvalue weighted by molar-refractivity contribution is -0.131. The number of fused-ring (bicyclic) bond motifs is 1. The number of hydrogen-bond donors (Lipinski definition) is 0. The van der Waals surface area contributed by atoms with Crippen molar-refractivity contribution < 1.29 is 17.9 Å². The third-order valence-corrected chi connectivity index (χ3v) is 8.36. The van der Waals surface area contributed by atoms with Crippen LogP contribution in [0.4, 0.5) is 0 Å². The molecule has 2 atom stereocenters. The Morgan fingerprint density at radius 2 is 1.96 bits per heavy atom. The number of sulfonamides is 1. The Morgan fingerprint density at radius 3 is 2.70 bits per heavy atom. The van der Waals surface area contributed by atoms with Crippen LogP contribution in [0.1, 0.15) is 30.4 Å². The molecule has 7 heteroatoms. The van der Waals surface area contributed by atoms with Crippen molar-refractivity contribution >= 4 is 15.9 Å². The molecule has 1 aromatic rings. The number of carbonyl (C=O) groups is 1. The first-order valence-electron chi connectivity index (χ1n) is 9.73. The van der Waals surface area contributed by atoms with Crippen LogP contribution in [-0.2, 0) is 26.0 Å². The zero-order valence-corrected chi connectivity index (χ0v) is 17.1. The molecule has 0 spiro atoms. The predicted octanol–water partition coefficient (Wildman–Crippen LogP) is 1.83. The number of likely N-dealkylation sites (tertiary alicyclic amines) is 1. The average Bonchev–Trinajstić information content (AvgIpc) is 2.78. The predicted molar refractivity (Wildman–Crippen MR) is 105 cm³/mol. The normalized spacial score (nSPS) is 25.2. The molecule has 0 N–H and O–H groups in total. The lowest BCUT2D eigenvalue weighted by Gasteiger charge is -2.22. The van der Waals surface area contributed by atoms with E-state index in [0.29, 0.717) is 45.6 Å². The molecular formula is C20H30N2O4S. The molecule has 1 aromatic carbocycles. The summed E-state index contributed by atoms with van der Waals surface area (Å²) in [6, 6.07) is 8.13. The molecule has 2 aliphatic rings. The molecule has 2 heterocycles. The number of aryl methyl sites for hydroxylation is 2. The topological polar surface area (TPSA) is 66.9 Å². The minimum Gasteiger partial charge on any atom is -0.383 e. The Bertz CT molecular complexity index is 765. The molecule has 0 saturated carbocycles. The summed E-state index contributed by atoms with van der Waals surface area (Å²) in [5, 5.41) is -0.358. The highest BCUT2D eigenvalue weighted by Gasteiger charge is 2.46. The van der Waals surface area contributed by atoms with Gasteiger partial charge in [-0.25, -0.2) is 8.42 Å². The fraction of sp³-hybridized carbons (Fsp3) is 0.650. The SMILES string of the molecule is COCCN1C[C@H]2CCN(C(=O)CCc3ccccc3C)CC[C@H]2S1(=O)=O. The summed E-state index contributed by atoms with van der Waals surface area (Å²) in [7, 11) is -1.69. The van der Waals surface area contributed by atoms with E-state index in [4.69, 9.17) is 4.74 Å². The maximum Gasteiger partial charge on any atom is 0.222 e. The fourth-order valence-electron chi connectivity index (χ4n) is 4.25. The molecule has 0 unspecified atom stereocenters. The molecule has 27 heavy (non-hydrogen) atoms. The average molecular weight is 395 g/mol. The molecule has 150 valence electrons. The number of carbonyl (C=O) groups excluding carboxylic acids is 1. The zero-order valence-electron chi connectivity index (χ0n) is 16.3. The summed E-state index contributed by atoms with van der Waals surface area (Å²) in [4.78, 5) is 14.5. The van der Waals surface area contributed by atoms with E-state index in [9.17, 15) is 13.2 Å². The number of amides is 1. The molecule has 0 aliphatic carbocycles. The largest absolute Gasteiger partial charge is 0.383 e. The molecule has 6 nitrogen and oxygen atoms in total. The maximum absolute atomic E-state index is 12.8. The molecule has 3 rings (SSSR count). The highest BCUT2D eigenvalue weighted by Crippen LogP contribution is 2.34. The van der Waals surface area contributed by atoms with E-state index in [-0.39, 0.29) is 17.1 Å². The fourth-order valence-corrected chi connectivity index (χ4v) is 6.47. The van der Waals surface area contributed by atoms with Crippen molar-refractivity contribution in [2.45, 2.75) is 37.9 Å². The summed E-state index contributed by atoms with van der Waals surface area (Å²) in [6.07, 6.45) is 2.50. The van der Waals surface area contributed by atoms with Crippen LogP contribution in [0.15, 0.2) is 24.3 Å². The van der Waals surface area contributed by atoms with Crippen molar-refractivity contribution in [1.82, 2.24) is 9.21 Å². The summed E-state index contributed by atoms with van der Waals surface area (Å²) in [5.41, 5.74) is 2.41. The molecule has 0 aromatic heterocycles. The van der Waals surface area contributed by atoms with Crippen LogP contribution in [0.5, 0.6) is 0 Å². The van der Waals surface area contributed by atoms with Gasteiger partial charge in [0.1, 0.15) is 0 Å². The van der Waals surface area contributed by atoms with Crippen LogP contribution in [0.25, 0.3) is 0 Å². The molecule has 2 fully saturated rings. The zero-order chi connectivity index (χ0) is 19.4. The van der Waals surface area contributed by atoms with E-state index < -0.39 is 10.0 Å². The van der Waals surface area contributed by atoms with Crippen molar-refractivity contribution in [2.75, 3.05) is 39.9 Å². The number of rotatable bonds is 6. The van der Waals surface area contributed by atoms with E-state index >= 15 is 0 Å². The second-order valence-corrected chi connectivity index (χ2v) is 9.73. The summed E-state index contributed by atoms with van der Waals surface area (Å²) < 4.78 is 32.2. The van der Waals surface area contributed by atoms with Crippen LogP contribution in [0.3, 0.4) is 0 Å². The van der Waals surface area contributed by atoms with Gasteiger partial charge in [0.15, 0.2) is 0 Å². The smallest absolute Gasteiger partial charge is 0.222 e. The van der Waals surface area contributed by atoms with E-state index in [1.165, 1.54) is 11.1 Å². The van der Waals surface area contributed by atoms with E-state index in [0.717, 1.165) is 12.8 Å². The van der Waals surface area contributed by atoms with Gasteiger partial charge in [0.05, 0.1) is 11.9 Å². The Kier molecular flexibility index (Phi) is 6.55. The van der Waals surface area contributed by atoms with Gasteiger partial charge < -0.3 is 9.64 Å². The third kappa shape index (κ3) is 4.52. The van der Waals surface area contributed by atoms with Crippen molar-refractivity contribution in [1.29, 1.82) is 0 Å². The van der Waals surface area contributed by atoms with Gasteiger partial charge in [-0.1, -0.05) is 24.3 Å². The second kappa shape index (κ2) is 8.71. The number of methoxy groups -OCH3 is 1. The Labute approximate surface area is 162 Å². The minimum atomic E-state index is -3.28. The van der Waals surface area contributed by atoms with Gasteiger partial charge in [-0.3, -0.25) is 4.79 Å². The Morgan fingerprint density at radius 1 is 1.22 bits per heavy atom. The summed E-state index contributed by atoms with van der Waals surface area (Å²) in [5.74, 6) is 0.243. The van der Waals surface area contributed by atoms with Gasteiger partial charge in [-0.15, -0.1) is 0 Å².